The van der Waals surface area contributed by atoms with E-state index in [2.05, 4.69) is 25.9 Å². The van der Waals surface area contributed by atoms with Crippen molar-refractivity contribution < 1.29 is 0 Å². The number of halogens is 1. The zero-order chi connectivity index (χ0) is 11.5. The standard InChI is InChI=1S/C11H10BrN3S/c1-7-4-5-14-11(15-7)16-10-6-8(12)2-3-9(10)13/h2-6H,13H2,1H3. The first-order chi connectivity index (χ1) is 7.65. The molecule has 16 heavy (non-hydrogen) atoms. The molecule has 0 aliphatic carbocycles. The lowest BCUT2D eigenvalue weighted by atomic mass is 10.3. The zero-order valence-electron chi connectivity index (χ0n) is 8.64. The molecule has 1 aromatic heterocycles. The van der Waals surface area contributed by atoms with Crippen molar-refractivity contribution in [2.75, 3.05) is 5.73 Å². The van der Waals surface area contributed by atoms with Crippen LogP contribution in [0.3, 0.4) is 0 Å². The molecule has 0 unspecified atom stereocenters. The third-order valence-electron chi connectivity index (χ3n) is 1.95. The first-order valence-corrected chi connectivity index (χ1v) is 6.28. The molecule has 0 atom stereocenters. The number of hydrogen-bond donors (Lipinski definition) is 1. The van der Waals surface area contributed by atoms with Gasteiger partial charge in [-0.25, -0.2) is 9.97 Å². The van der Waals surface area contributed by atoms with Crippen molar-refractivity contribution in [1.29, 1.82) is 0 Å². The van der Waals surface area contributed by atoms with Crippen LogP contribution in [-0.2, 0) is 0 Å². The smallest absolute Gasteiger partial charge is 0.192 e. The largest absolute Gasteiger partial charge is 0.398 e. The minimum absolute atomic E-state index is 0.713. The summed E-state index contributed by atoms with van der Waals surface area (Å²) in [7, 11) is 0. The van der Waals surface area contributed by atoms with Gasteiger partial charge in [0.25, 0.3) is 0 Å². The molecule has 2 aromatic rings. The molecule has 2 N–H and O–H groups in total. The SMILES string of the molecule is Cc1ccnc(Sc2cc(Br)ccc2N)n1. The molecular formula is C11H10BrN3S. The van der Waals surface area contributed by atoms with Crippen LogP contribution in [0.1, 0.15) is 5.69 Å². The molecule has 0 bridgehead atoms. The Morgan fingerprint density at radius 2 is 2.12 bits per heavy atom. The third kappa shape index (κ3) is 2.74. The first kappa shape index (κ1) is 11.4. The van der Waals surface area contributed by atoms with E-state index in [4.69, 9.17) is 5.73 Å². The Bertz CT molecular complexity index is 516. The van der Waals surface area contributed by atoms with Crippen LogP contribution in [-0.4, -0.2) is 9.97 Å². The average molecular weight is 296 g/mol. The van der Waals surface area contributed by atoms with E-state index < -0.39 is 0 Å². The van der Waals surface area contributed by atoms with Crippen molar-refractivity contribution in [2.24, 2.45) is 0 Å². The molecule has 1 aromatic carbocycles. The van der Waals surface area contributed by atoms with E-state index >= 15 is 0 Å². The molecule has 0 amide bonds. The Labute approximate surface area is 107 Å². The Morgan fingerprint density at radius 1 is 1.31 bits per heavy atom. The van der Waals surface area contributed by atoms with Crippen molar-refractivity contribution in [2.45, 2.75) is 17.0 Å². The van der Waals surface area contributed by atoms with E-state index in [1.807, 2.05) is 31.2 Å². The lowest BCUT2D eigenvalue weighted by Crippen LogP contribution is -1.91. The Morgan fingerprint density at radius 3 is 2.88 bits per heavy atom. The summed E-state index contributed by atoms with van der Waals surface area (Å²) in [6, 6.07) is 7.61. The summed E-state index contributed by atoms with van der Waals surface area (Å²) in [6.07, 6.45) is 1.75. The molecule has 0 aliphatic heterocycles. The minimum Gasteiger partial charge on any atom is -0.398 e. The number of benzene rings is 1. The van der Waals surface area contributed by atoms with Gasteiger partial charge in [0.15, 0.2) is 5.16 Å². The average Bonchev–Trinajstić information content (AvgIpc) is 2.24. The van der Waals surface area contributed by atoms with Crippen LogP contribution in [0.4, 0.5) is 5.69 Å². The number of nitrogen functional groups attached to an aromatic ring is 1. The van der Waals surface area contributed by atoms with Crippen molar-refractivity contribution in [3.8, 4) is 0 Å². The maximum Gasteiger partial charge on any atom is 0.192 e. The molecule has 82 valence electrons. The van der Waals surface area contributed by atoms with Gasteiger partial charge in [-0.1, -0.05) is 15.9 Å². The molecule has 0 spiro atoms. The van der Waals surface area contributed by atoms with Crippen LogP contribution in [0.25, 0.3) is 0 Å². The Kier molecular flexibility index (Phi) is 3.46. The fourth-order valence-corrected chi connectivity index (χ4v) is 2.55. The summed E-state index contributed by atoms with van der Waals surface area (Å²) < 4.78 is 0.997. The summed E-state index contributed by atoms with van der Waals surface area (Å²) in [6.45, 7) is 1.94. The van der Waals surface area contributed by atoms with Gasteiger partial charge in [-0.2, -0.15) is 0 Å². The number of anilines is 1. The summed E-state index contributed by atoms with van der Waals surface area (Å²) in [4.78, 5) is 9.47. The zero-order valence-corrected chi connectivity index (χ0v) is 11.0. The van der Waals surface area contributed by atoms with Crippen LogP contribution in [0, 0.1) is 6.92 Å². The van der Waals surface area contributed by atoms with Crippen molar-refractivity contribution >= 4 is 33.4 Å². The van der Waals surface area contributed by atoms with E-state index in [9.17, 15) is 0 Å². The highest BCUT2D eigenvalue weighted by molar-refractivity contribution is 9.10. The van der Waals surface area contributed by atoms with E-state index in [1.165, 1.54) is 11.8 Å². The second-order valence-electron chi connectivity index (χ2n) is 3.26. The fourth-order valence-electron chi connectivity index (χ4n) is 1.17. The number of nitrogens with two attached hydrogens (primary N) is 1. The summed E-state index contributed by atoms with van der Waals surface area (Å²) in [5, 5.41) is 0.713. The van der Waals surface area contributed by atoms with Gasteiger partial charge in [-0.05, 0) is 43.0 Å². The fraction of sp³-hybridized carbons (Fsp3) is 0.0909. The van der Waals surface area contributed by atoms with Crippen LogP contribution in [0.15, 0.2) is 45.0 Å². The molecule has 0 saturated carbocycles. The summed E-state index contributed by atoms with van der Waals surface area (Å²) >= 11 is 4.88. The van der Waals surface area contributed by atoms with E-state index in [1.54, 1.807) is 6.20 Å². The summed E-state index contributed by atoms with van der Waals surface area (Å²) in [5.41, 5.74) is 7.56. The van der Waals surface area contributed by atoms with Gasteiger partial charge in [-0.15, -0.1) is 0 Å². The molecule has 1 heterocycles. The lowest BCUT2D eigenvalue weighted by molar-refractivity contribution is 0.932. The maximum atomic E-state index is 5.88. The number of aromatic nitrogens is 2. The molecule has 3 nitrogen and oxygen atoms in total. The van der Waals surface area contributed by atoms with E-state index in [0.717, 1.165) is 20.7 Å². The van der Waals surface area contributed by atoms with Gasteiger partial charge < -0.3 is 5.73 Å². The minimum atomic E-state index is 0.713. The van der Waals surface area contributed by atoms with E-state index in [-0.39, 0.29) is 0 Å². The van der Waals surface area contributed by atoms with Crippen molar-refractivity contribution in [3.63, 3.8) is 0 Å². The van der Waals surface area contributed by atoms with Crippen LogP contribution >= 0.6 is 27.7 Å². The number of rotatable bonds is 2. The third-order valence-corrected chi connectivity index (χ3v) is 3.40. The topological polar surface area (TPSA) is 51.8 Å². The highest BCUT2D eigenvalue weighted by atomic mass is 79.9. The van der Waals surface area contributed by atoms with Crippen molar-refractivity contribution in [3.05, 3.63) is 40.6 Å². The lowest BCUT2D eigenvalue weighted by Gasteiger charge is -2.04. The van der Waals surface area contributed by atoms with Crippen LogP contribution in [0.2, 0.25) is 0 Å². The van der Waals surface area contributed by atoms with Gasteiger partial charge >= 0.3 is 0 Å². The number of nitrogens with zero attached hydrogens (tertiary/aromatic N) is 2. The van der Waals surface area contributed by atoms with E-state index in [0.29, 0.717) is 5.16 Å². The van der Waals surface area contributed by atoms with Crippen molar-refractivity contribution in [1.82, 2.24) is 9.97 Å². The molecular weight excluding hydrogens is 286 g/mol. The second-order valence-corrected chi connectivity index (χ2v) is 5.19. The van der Waals surface area contributed by atoms with Gasteiger partial charge in [0.2, 0.25) is 0 Å². The van der Waals surface area contributed by atoms with Crippen LogP contribution in [0.5, 0.6) is 0 Å². The molecule has 0 fully saturated rings. The first-order valence-electron chi connectivity index (χ1n) is 4.67. The van der Waals surface area contributed by atoms with Gasteiger partial charge in [-0.3, -0.25) is 0 Å². The predicted octanol–water partition coefficient (Wildman–Crippen LogP) is 3.28. The quantitative estimate of drug-likeness (QED) is 0.682. The highest BCUT2D eigenvalue weighted by Gasteiger charge is 2.05. The Balaban J connectivity index is 2.30. The molecule has 0 saturated heterocycles. The second kappa shape index (κ2) is 4.84. The summed E-state index contributed by atoms with van der Waals surface area (Å²) in [5.74, 6) is 0. The molecule has 2 rings (SSSR count). The molecule has 5 heteroatoms. The maximum absolute atomic E-state index is 5.88. The Hall–Kier alpha value is -1.07. The normalized spacial score (nSPS) is 10.4. The van der Waals surface area contributed by atoms with Gasteiger partial charge in [0.1, 0.15) is 0 Å². The predicted molar refractivity (Wildman–Crippen MR) is 69.4 cm³/mol. The number of hydrogen-bond acceptors (Lipinski definition) is 4. The highest BCUT2D eigenvalue weighted by Crippen LogP contribution is 2.31. The monoisotopic (exact) mass is 295 g/mol. The number of aryl methyl sites for hydroxylation is 1. The van der Waals surface area contributed by atoms with Gasteiger partial charge in [0.05, 0.1) is 0 Å². The molecule has 0 aliphatic rings. The van der Waals surface area contributed by atoms with Crippen LogP contribution < -0.4 is 5.73 Å². The molecule has 0 radical (unpaired) electrons. The van der Waals surface area contributed by atoms with Gasteiger partial charge in [0, 0.05) is 26.9 Å².